The van der Waals surface area contributed by atoms with Gasteiger partial charge >= 0.3 is 0 Å². The van der Waals surface area contributed by atoms with Crippen molar-refractivity contribution in [3.8, 4) is 22.6 Å². The summed E-state index contributed by atoms with van der Waals surface area (Å²) >= 11 is 0. The molecule has 3 aromatic carbocycles. The van der Waals surface area contributed by atoms with Crippen molar-refractivity contribution in [1.29, 1.82) is 0 Å². The first-order valence-electron chi connectivity index (χ1n) is 11.8. The Labute approximate surface area is 199 Å². The van der Waals surface area contributed by atoms with Gasteiger partial charge in [-0.3, -0.25) is 9.59 Å². The normalized spacial score (nSPS) is 14.4. The first-order valence-corrected chi connectivity index (χ1v) is 11.8. The minimum absolute atomic E-state index is 0.00248. The minimum atomic E-state index is -0.231. The Balaban J connectivity index is 1.30. The second-order valence-corrected chi connectivity index (χ2v) is 8.73. The number of rotatable bonds is 7. The Kier molecular flexibility index (Phi) is 6.21. The van der Waals surface area contributed by atoms with Crippen molar-refractivity contribution in [1.82, 2.24) is 10.2 Å². The van der Waals surface area contributed by atoms with Crippen LogP contribution in [0.5, 0.6) is 11.5 Å². The second kappa shape index (κ2) is 9.59. The fourth-order valence-electron chi connectivity index (χ4n) is 4.36. The van der Waals surface area contributed by atoms with Crippen molar-refractivity contribution in [2.24, 2.45) is 0 Å². The van der Waals surface area contributed by atoms with Crippen LogP contribution in [0.4, 0.5) is 0 Å². The van der Waals surface area contributed by atoms with Gasteiger partial charge in [-0.2, -0.15) is 0 Å². The van der Waals surface area contributed by atoms with Gasteiger partial charge in [-0.25, -0.2) is 0 Å². The van der Waals surface area contributed by atoms with Crippen molar-refractivity contribution < 1.29 is 19.1 Å². The minimum Gasteiger partial charge on any atom is -0.486 e. The van der Waals surface area contributed by atoms with E-state index in [1.165, 1.54) is 0 Å². The predicted octanol–water partition coefficient (Wildman–Crippen LogP) is 4.47. The van der Waals surface area contributed by atoms with Crippen LogP contribution in [0.25, 0.3) is 11.1 Å². The molecule has 0 spiro atoms. The van der Waals surface area contributed by atoms with Gasteiger partial charge in [0, 0.05) is 24.7 Å². The fourth-order valence-corrected chi connectivity index (χ4v) is 4.36. The van der Waals surface area contributed by atoms with Gasteiger partial charge in [0.1, 0.15) is 13.2 Å². The summed E-state index contributed by atoms with van der Waals surface area (Å²) in [6, 6.07) is 21.5. The second-order valence-electron chi connectivity index (χ2n) is 8.73. The number of fused-ring (bicyclic) bond motifs is 1. The first-order chi connectivity index (χ1) is 16.6. The molecule has 1 saturated carbocycles. The predicted molar refractivity (Wildman–Crippen MR) is 130 cm³/mol. The van der Waals surface area contributed by atoms with Crippen LogP contribution < -0.4 is 14.8 Å². The number of amides is 2. The number of carbonyl (C=O) groups excluding carboxylic acids is 2. The Morgan fingerprint density at radius 1 is 0.941 bits per heavy atom. The van der Waals surface area contributed by atoms with Crippen LogP contribution in [0, 0.1) is 6.92 Å². The summed E-state index contributed by atoms with van der Waals surface area (Å²) in [4.78, 5) is 28.4. The van der Waals surface area contributed by atoms with Gasteiger partial charge < -0.3 is 19.7 Å². The van der Waals surface area contributed by atoms with E-state index < -0.39 is 0 Å². The van der Waals surface area contributed by atoms with E-state index in [1.807, 2.05) is 54.3 Å². The molecule has 1 N–H and O–H groups in total. The highest BCUT2D eigenvalue weighted by atomic mass is 16.6. The number of aryl methyl sites for hydroxylation is 1. The molecule has 5 rings (SSSR count). The van der Waals surface area contributed by atoms with E-state index in [4.69, 9.17) is 9.47 Å². The van der Waals surface area contributed by atoms with Crippen LogP contribution in [0.1, 0.15) is 39.1 Å². The third kappa shape index (κ3) is 4.62. The molecule has 1 heterocycles. The van der Waals surface area contributed by atoms with Gasteiger partial charge in [0.05, 0.1) is 5.56 Å². The van der Waals surface area contributed by atoms with E-state index in [9.17, 15) is 9.59 Å². The summed E-state index contributed by atoms with van der Waals surface area (Å²) in [5.41, 5.74) is 4.25. The third-order valence-electron chi connectivity index (χ3n) is 6.18. The molecule has 0 atom stereocenters. The fraction of sp³-hybridized carbons (Fsp3) is 0.286. The molecule has 2 aliphatic rings. The average molecular weight is 457 g/mol. The molecule has 1 aliphatic carbocycles. The van der Waals surface area contributed by atoms with Crippen molar-refractivity contribution >= 4 is 11.8 Å². The summed E-state index contributed by atoms with van der Waals surface area (Å²) < 4.78 is 11.2. The summed E-state index contributed by atoms with van der Waals surface area (Å²) in [5.74, 6) is 0.836. The number of nitrogens with one attached hydrogen (secondary N) is 1. The summed E-state index contributed by atoms with van der Waals surface area (Å²) in [5, 5.41) is 2.95. The van der Waals surface area contributed by atoms with Crippen LogP contribution in [-0.2, 0) is 0 Å². The lowest BCUT2D eigenvalue weighted by Crippen LogP contribution is -2.40. The third-order valence-corrected chi connectivity index (χ3v) is 6.18. The molecular formula is C28H28N2O4. The monoisotopic (exact) mass is 456 g/mol. The Morgan fingerprint density at radius 2 is 1.71 bits per heavy atom. The van der Waals surface area contributed by atoms with E-state index >= 15 is 0 Å². The molecule has 0 bridgehead atoms. The number of carbonyl (C=O) groups is 2. The summed E-state index contributed by atoms with van der Waals surface area (Å²) in [6.07, 6.45) is 1.98. The Bertz CT molecular complexity index is 1220. The lowest BCUT2D eigenvalue weighted by atomic mass is 9.97. The van der Waals surface area contributed by atoms with Gasteiger partial charge in [-0.05, 0) is 49.1 Å². The molecule has 3 aromatic rings. The van der Waals surface area contributed by atoms with E-state index in [1.54, 1.807) is 18.2 Å². The molecule has 2 amide bonds. The maximum atomic E-state index is 13.6. The highest BCUT2D eigenvalue weighted by Gasteiger charge is 2.33. The number of para-hydroxylation sites is 1. The van der Waals surface area contributed by atoms with Crippen LogP contribution in [-0.4, -0.2) is 49.1 Å². The number of ether oxygens (including phenoxy) is 2. The SMILES string of the molecule is Cc1cccc(-c2ccccc2C(=O)N(CCNC(=O)c2cccc3c2OCCO3)C2CC2)c1. The van der Waals surface area contributed by atoms with Crippen LogP contribution in [0.15, 0.2) is 66.7 Å². The molecule has 34 heavy (non-hydrogen) atoms. The van der Waals surface area contributed by atoms with Crippen molar-refractivity contribution in [2.75, 3.05) is 26.3 Å². The molecule has 0 saturated heterocycles. The summed E-state index contributed by atoms with van der Waals surface area (Å²) in [6.45, 7) is 3.75. The lowest BCUT2D eigenvalue weighted by molar-refractivity contribution is 0.0736. The van der Waals surface area contributed by atoms with Crippen LogP contribution in [0.2, 0.25) is 0 Å². The average Bonchev–Trinajstić information content (AvgIpc) is 3.71. The Hall–Kier alpha value is -3.80. The van der Waals surface area contributed by atoms with Crippen LogP contribution >= 0.6 is 0 Å². The molecule has 1 aliphatic heterocycles. The zero-order valence-electron chi connectivity index (χ0n) is 19.3. The topological polar surface area (TPSA) is 67.9 Å². The highest BCUT2D eigenvalue weighted by molar-refractivity contribution is 6.01. The van der Waals surface area contributed by atoms with Gasteiger partial charge in [0.25, 0.3) is 11.8 Å². The van der Waals surface area contributed by atoms with Crippen molar-refractivity contribution in [2.45, 2.75) is 25.8 Å². The summed E-state index contributed by atoms with van der Waals surface area (Å²) in [7, 11) is 0. The maximum Gasteiger partial charge on any atom is 0.255 e. The zero-order chi connectivity index (χ0) is 23.5. The van der Waals surface area contributed by atoms with Gasteiger partial charge in [-0.15, -0.1) is 0 Å². The molecule has 174 valence electrons. The first kappa shape index (κ1) is 22.0. The standard InChI is InChI=1S/C28H28N2O4/c1-19-6-4-7-20(18-19)22-8-2-3-9-23(22)28(32)30(21-12-13-21)15-14-29-27(31)24-10-5-11-25-26(24)34-17-16-33-25/h2-11,18,21H,12-17H2,1H3,(H,29,31). The van der Waals surface area contributed by atoms with Crippen molar-refractivity contribution in [3.05, 3.63) is 83.4 Å². The molecule has 1 fully saturated rings. The number of hydrogen-bond donors (Lipinski definition) is 1. The van der Waals surface area contributed by atoms with E-state index in [2.05, 4.69) is 11.4 Å². The van der Waals surface area contributed by atoms with Gasteiger partial charge in [-0.1, -0.05) is 54.1 Å². The van der Waals surface area contributed by atoms with Crippen LogP contribution in [0.3, 0.4) is 0 Å². The van der Waals surface area contributed by atoms with Gasteiger partial charge in [0.15, 0.2) is 11.5 Å². The molecule has 0 aromatic heterocycles. The molecule has 0 radical (unpaired) electrons. The smallest absolute Gasteiger partial charge is 0.255 e. The van der Waals surface area contributed by atoms with Gasteiger partial charge in [0.2, 0.25) is 0 Å². The van der Waals surface area contributed by atoms with E-state index in [-0.39, 0.29) is 17.9 Å². The van der Waals surface area contributed by atoms with E-state index in [0.717, 1.165) is 29.5 Å². The molecular weight excluding hydrogens is 428 g/mol. The molecule has 6 nitrogen and oxygen atoms in total. The zero-order valence-corrected chi connectivity index (χ0v) is 19.3. The number of nitrogens with zero attached hydrogens (tertiary/aromatic N) is 1. The number of benzene rings is 3. The quantitative estimate of drug-likeness (QED) is 0.570. The Morgan fingerprint density at radius 3 is 2.53 bits per heavy atom. The lowest BCUT2D eigenvalue weighted by Gasteiger charge is -2.24. The highest BCUT2D eigenvalue weighted by Crippen LogP contribution is 2.34. The van der Waals surface area contributed by atoms with E-state index in [0.29, 0.717) is 48.9 Å². The maximum absolute atomic E-state index is 13.6. The largest absolute Gasteiger partial charge is 0.486 e. The van der Waals surface area contributed by atoms with Crippen molar-refractivity contribution in [3.63, 3.8) is 0 Å². The molecule has 0 unspecified atom stereocenters. The number of hydrogen-bond acceptors (Lipinski definition) is 4. The molecule has 6 heteroatoms.